The van der Waals surface area contributed by atoms with Gasteiger partial charge in [-0.15, -0.1) is 0 Å². The van der Waals surface area contributed by atoms with Crippen LogP contribution in [0, 0.1) is 5.92 Å². The van der Waals surface area contributed by atoms with Crippen LogP contribution in [0.15, 0.2) is 0 Å². The molecule has 4 nitrogen and oxygen atoms in total. The van der Waals surface area contributed by atoms with Crippen molar-refractivity contribution < 1.29 is 14.3 Å². The highest BCUT2D eigenvalue weighted by Crippen LogP contribution is 2.15. The number of carbonyl (C=O) groups is 1. The zero-order valence-corrected chi connectivity index (χ0v) is 10.7. The van der Waals surface area contributed by atoms with Gasteiger partial charge in [-0.05, 0) is 38.1 Å². The van der Waals surface area contributed by atoms with Gasteiger partial charge in [0.05, 0.1) is 6.61 Å². The summed E-state index contributed by atoms with van der Waals surface area (Å²) < 4.78 is 10.5. The summed E-state index contributed by atoms with van der Waals surface area (Å²) in [5, 5.41) is 0. The molecule has 0 amide bonds. The predicted molar refractivity (Wildman–Crippen MR) is 66.6 cm³/mol. The predicted octanol–water partition coefficient (Wildman–Crippen LogP) is 1.87. The minimum absolute atomic E-state index is 0.0516. The lowest BCUT2D eigenvalue weighted by Crippen LogP contribution is -2.21. The largest absolute Gasteiger partial charge is 0.465 e. The molecule has 0 aromatic heterocycles. The molecule has 4 heteroatoms. The van der Waals surface area contributed by atoms with E-state index >= 15 is 0 Å². The molecule has 0 aromatic rings. The summed E-state index contributed by atoms with van der Waals surface area (Å²) in [4.78, 5) is 11.4. The third kappa shape index (κ3) is 7.34. The first-order chi connectivity index (χ1) is 8.33. The highest BCUT2D eigenvalue weighted by molar-refractivity contribution is 5.69. The van der Waals surface area contributed by atoms with Crippen molar-refractivity contribution in [1.82, 2.24) is 0 Å². The Balaban J connectivity index is 1.93. The van der Waals surface area contributed by atoms with E-state index in [4.69, 9.17) is 15.2 Å². The van der Waals surface area contributed by atoms with Gasteiger partial charge >= 0.3 is 5.97 Å². The third-order valence-electron chi connectivity index (χ3n) is 3.16. The normalized spacial score (nSPS) is 17.0. The van der Waals surface area contributed by atoms with Crippen LogP contribution in [-0.4, -0.2) is 32.3 Å². The fourth-order valence-corrected chi connectivity index (χ4v) is 1.96. The summed E-state index contributed by atoms with van der Waals surface area (Å²) >= 11 is 0. The van der Waals surface area contributed by atoms with Crippen molar-refractivity contribution in [3.8, 4) is 0 Å². The third-order valence-corrected chi connectivity index (χ3v) is 3.16. The quantitative estimate of drug-likeness (QED) is 0.522. The lowest BCUT2D eigenvalue weighted by Gasteiger charge is -2.21. The van der Waals surface area contributed by atoms with Crippen LogP contribution in [0.2, 0.25) is 0 Å². The van der Waals surface area contributed by atoms with Gasteiger partial charge in [-0.25, -0.2) is 0 Å². The lowest BCUT2D eigenvalue weighted by molar-refractivity contribution is -0.146. The van der Waals surface area contributed by atoms with E-state index in [1.165, 1.54) is 0 Å². The Labute approximate surface area is 104 Å². The Hall–Kier alpha value is -0.610. The molecule has 1 aliphatic rings. The highest BCUT2D eigenvalue weighted by atomic mass is 16.5. The molecule has 1 saturated heterocycles. The Morgan fingerprint density at radius 2 is 1.88 bits per heavy atom. The van der Waals surface area contributed by atoms with Gasteiger partial charge < -0.3 is 15.2 Å². The van der Waals surface area contributed by atoms with Crippen LogP contribution in [0.4, 0.5) is 0 Å². The topological polar surface area (TPSA) is 61.6 Å². The van der Waals surface area contributed by atoms with Crippen molar-refractivity contribution in [2.45, 2.75) is 44.9 Å². The molecule has 100 valence electrons. The summed E-state index contributed by atoms with van der Waals surface area (Å²) in [5.41, 5.74) is 5.40. The molecule has 1 rings (SSSR count). The lowest BCUT2D eigenvalue weighted by atomic mass is 10.0. The molecule has 1 aliphatic heterocycles. The van der Waals surface area contributed by atoms with Gasteiger partial charge in [0.15, 0.2) is 0 Å². The van der Waals surface area contributed by atoms with E-state index in [1.807, 2.05) is 0 Å². The van der Waals surface area contributed by atoms with Gasteiger partial charge in [-0.1, -0.05) is 12.8 Å². The van der Waals surface area contributed by atoms with Gasteiger partial charge in [0, 0.05) is 19.6 Å². The maximum absolute atomic E-state index is 11.4. The summed E-state index contributed by atoms with van der Waals surface area (Å²) in [5.74, 6) is 0.453. The maximum atomic E-state index is 11.4. The Bertz CT molecular complexity index is 203. The van der Waals surface area contributed by atoms with E-state index < -0.39 is 0 Å². The number of esters is 1. The smallest absolute Gasteiger partial charge is 0.305 e. The second-order valence-electron chi connectivity index (χ2n) is 4.69. The summed E-state index contributed by atoms with van der Waals surface area (Å²) in [6, 6.07) is 0. The number of nitrogens with two attached hydrogens (primary N) is 1. The van der Waals surface area contributed by atoms with E-state index in [1.54, 1.807) is 0 Å². The number of hydrogen-bond donors (Lipinski definition) is 1. The summed E-state index contributed by atoms with van der Waals surface area (Å²) in [6.45, 7) is 2.93. The second-order valence-corrected chi connectivity index (χ2v) is 4.69. The summed E-state index contributed by atoms with van der Waals surface area (Å²) in [7, 11) is 0. The molecular formula is C13H25NO3. The van der Waals surface area contributed by atoms with Crippen LogP contribution in [0.5, 0.6) is 0 Å². The van der Waals surface area contributed by atoms with Crippen molar-refractivity contribution in [3.05, 3.63) is 0 Å². The van der Waals surface area contributed by atoms with E-state index in [9.17, 15) is 4.79 Å². The molecule has 0 bridgehead atoms. The molecule has 2 N–H and O–H groups in total. The monoisotopic (exact) mass is 243 g/mol. The van der Waals surface area contributed by atoms with Gasteiger partial charge in [0.1, 0.15) is 0 Å². The molecule has 0 unspecified atom stereocenters. The number of carbonyl (C=O) groups excluding carboxylic acids is 1. The van der Waals surface area contributed by atoms with Crippen LogP contribution >= 0.6 is 0 Å². The van der Waals surface area contributed by atoms with Crippen LogP contribution in [0.3, 0.4) is 0 Å². The molecular weight excluding hydrogens is 218 g/mol. The summed E-state index contributed by atoms with van der Waals surface area (Å²) in [6.07, 6.45) is 6.75. The van der Waals surface area contributed by atoms with Crippen molar-refractivity contribution in [1.29, 1.82) is 0 Å². The zero-order valence-electron chi connectivity index (χ0n) is 10.7. The minimum atomic E-state index is -0.0516. The minimum Gasteiger partial charge on any atom is -0.465 e. The molecule has 1 heterocycles. The first-order valence-electron chi connectivity index (χ1n) is 6.76. The fourth-order valence-electron chi connectivity index (χ4n) is 1.96. The van der Waals surface area contributed by atoms with E-state index in [-0.39, 0.29) is 5.97 Å². The van der Waals surface area contributed by atoms with E-state index in [0.717, 1.165) is 58.3 Å². The number of rotatable bonds is 8. The van der Waals surface area contributed by atoms with Gasteiger partial charge in [0.2, 0.25) is 0 Å². The number of unbranched alkanes of at least 4 members (excludes halogenated alkanes) is 3. The number of hydrogen-bond acceptors (Lipinski definition) is 4. The Morgan fingerprint density at radius 3 is 2.59 bits per heavy atom. The standard InChI is InChI=1S/C13H25NO3/c14-8-4-2-1-3-5-13(15)17-11-12-6-9-16-10-7-12/h12H,1-11,14H2. The average Bonchev–Trinajstić information content (AvgIpc) is 2.37. The maximum Gasteiger partial charge on any atom is 0.305 e. The first kappa shape index (κ1) is 14.5. The van der Waals surface area contributed by atoms with E-state index in [0.29, 0.717) is 18.9 Å². The SMILES string of the molecule is NCCCCCCC(=O)OCC1CCOCC1. The van der Waals surface area contributed by atoms with Crippen molar-refractivity contribution in [2.24, 2.45) is 11.7 Å². The number of ether oxygens (including phenoxy) is 2. The van der Waals surface area contributed by atoms with Crippen molar-refractivity contribution in [2.75, 3.05) is 26.4 Å². The highest BCUT2D eigenvalue weighted by Gasteiger charge is 2.15. The first-order valence-corrected chi connectivity index (χ1v) is 6.76. The Kier molecular flexibility index (Phi) is 8.01. The Morgan fingerprint density at radius 1 is 1.18 bits per heavy atom. The zero-order chi connectivity index (χ0) is 12.3. The molecule has 1 fully saturated rings. The van der Waals surface area contributed by atoms with Gasteiger partial charge in [0.25, 0.3) is 0 Å². The molecule has 17 heavy (non-hydrogen) atoms. The van der Waals surface area contributed by atoms with Crippen LogP contribution in [0.1, 0.15) is 44.9 Å². The molecule has 0 spiro atoms. The van der Waals surface area contributed by atoms with Crippen LogP contribution < -0.4 is 5.73 Å². The van der Waals surface area contributed by atoms with E-state index in [2.05, 4.69) is 0 Å². The second kappa shape index (κ2) is 9.42. The molecule has 0 atom stereocenters. The van der Waals surface area contributed by atoms with Gasteiger partial charge in [-0.2, -0.15) is 0 Å². The van der Waals surface area contributed by atoms with Crippen molar-refractivity contribution >= 4 is 5.97 Å². The fraction of sp³-hybridized carbons (Fsp3) is 0.923. The molecule has 0 aliphatic carbocycles. The molecule has 0 radical (unpaired) electrons. The molecule has 0 saturated carbocycles. The average molecular weight is 243 g/mol. The van der Waals surface area contributed by atoms with Gasteiger partial charge in [-0.3, -0.25) is 4.79 Å². The molecule has 0 aromatic carbocycles. The van der Waals surface area contributed by atoms with Crippen molar-refractivity contribution in [3.63, 3.8) is 0 Å². The van der Waals surface area contributed by atoms with Crippen LogP contribution in [0.25, 0.3) is 0 Å². The van der Waals surface area contributed by atoms with Crippen LogP contribution in [-0.2, 0) is 14.3 Å².